The van der Waals surface area contributed by atoms with Crippen molar-refractivity contribution in [2.75, 3.05) is 5.32 Å². The van der Waals surface area contributed by atoms with E-state index in [4.69, 9.17) is 16.6 Å². The van der Waals surface area contributed by atoms with Gasteiger partial charge in [0.2, 0.25) is 0 Å². The van der Waals surface area contributed by atoms with Crippen molar-refractivity contribution >= 4 is 28.6 Å². The molecule has 0 radical (unpaired) electrons. The Labute approximate surface area is 147 Å². The third kappa shape index (κ3) is 2.19. The Balaban J connectivity index is 1.91. The minimum atomic E-state index is -0.579. The Morgan fingerprint density at radius 1 is 1.25 bits per heavy atom. The van der Waals surface area contributed by atoms with Gasteiger partial charge < -0.3 is 10.4 Å². The summed E-state index contributed by atoms with van der Waals surface area (Å²) < 4.78 is 0. The maximum Gasteiger partial charge on any atom is 0.101 e. The van der Waals surface area contributed by atoms with E-state index in [1.807, 2.05) is 24.3 Å². The number of anilines is 1. The second-order valence-electron chi connectivity index (χ2n) is 6.72. The highest BCUT2D eigenvalue weighted by atomic mass is 35.5. The summed E-state index contributed by atoms with van der Waals surface area (Å²) in [6.45, 7) is 6.32. The van der Waals surface area contributed by atoms with Gasteiger partial charge in [0.25, 0.3) is 0 Å². The lowest BCUT2D eigenvalue weighted by Gasteiger charge is -2.32. The van der Waals surface area contributed by atoms with Crippen LogP contribution in [-0.4, -0.2) is 23.0 Å². The molecule has 2 unspecified atom stereocenters. The smallest absolute Gasteiger partial charge is 0.101 e. The van der Waals surface area contributed by atoms with E-state index < -0.39 is 6.10 Å². The normalized spacial score (nSPS) is 24.9. The quantitative estimate of drug-likeness (QED) is 0.817. The number of benzene rings is 1. The number of halogens is 1. The fraction of sp³-hybridized carbons (Fsp3) is 0.350. The van der Waals surface area contributed by atoms with Crippen molar-refractivity contribution in [1.29, 1.82) is 0 Å². The summed E-state index contributed by atoms with van der Waals surface area (Å²) in [5, 5.41) is 15.0. The van der Waals surface area contributed by atoms with Gasteiger partial charge in [-0.15, -0.1) is 0 Å². The first-order chi connectivity index (χ1) is 11.5. The second kappa shape index (κ2) is 5.61. The van der Waals surface area contributed by atoms with Crippen molar-refractivity contribution in [1.82, 2.24) is 0 Å². The van der Waals surface area contributed by atoms with Crippen LogP contribution >= 0.6 is 11.6 Å². The molecular weight excluding hydrogens is 320 g/mol. The Kier molecular flexibility index (Phi) is 3.66. The minimum absolute atomic E-state index is 0.0863. The fourth-order valence-corrected chi connectivity index (χ4v) is 4.19. The summed E-state index contributed by atoms with van der Waals surface area (Å²) in [4.78, 5) is 4.87. The lowest BCUT2D eigenvalue weighted by molar-refractivity contribution is 0.261. The number of hydrogen-bond acceptors (Lipinski definition) is 3. The molecule has 2 N–H and O–H groups in total. The van der Waals surface area contributed by atoms with Gasteiger partial charge in [-0.3, -0.25) is 4.99 Å². The molecule has 0 fully saturated rings. The van der Waals surface area contributed by atoms with E-state index in [1.54, 1.807) is 0 Å². The Bertz CT molecular complexity index is 860. The van der Waals surface area contributed by atoms with Gasteiger partial charge in [0.05, 0.1) is 11.8 Å². The number of aliphatic hydroxyl groups excluding tert-OH is 1. The molecule has 3 aliphatic rings. The molecule has 0 bridgehead atoms. The molecule has 0 saturated heterocycles. The summed E-state index contributed by atoms with van der Waals surface area (Å²) in [6.07, 6.45) is 3.22. The van der Waals surface area contributed by atoms with E-state index in [0.29, 0.717) is 0 Å². The molecule has 2 heterocycles. The van der Waals surface area contributed by atoms with Gasteiger partial charge in [-0.2, -0.15) is 0 Å². The summed E-state index contributed by atoms with van der Waals surface area (Å²) >= 11 is 6.22. The number of nitrogens with one attached hydrogen (secondary N) is 1. The summed E-state index contributed by atoms with van der Waals surface area (Å²) in [5.41, 5.74) is 8.61. The van der Waals surface area contributed by atoms with Crippen molar-refractivity contribution in [3.05, 3.63) is 57.3 Å². The molecule has 0 saturated carbocycles. The molecular formula is C20H21ClN2O. The molecule has 4 rings (SSSR count). The predicted molar refractivity (Wildman–Crippen MR) is 101 cm³/mol. The van der Waals surface area contributed by atoms with E-state index in [2.05, 4.69) is 26.1 Å². The lowest BCUT2D eigenvalue weighted by Crippen LogP contribution is -2.33. The predicted octanol–water partition coefficient (Wildman–Crippen LogP) is 4.74. The zero-order valence-electron chi connectivity index (χ0n) is 14.2. The van der Waals surface area contributed by atoms with Crippen LogP contribution in [0.1, 0.15) is 39.2 Å². The molecule has 1 aromatic rings. The largest absolute Gasteiger partial charge is 0.384 e. The zero-order chi connectivity index (χ0) is 17.0. The average Bonchev–Trinajstić information content (AvgIpc) is 2.91. The van der Waals surface area contributed by atoms with Crippen LogP contribution in [0.3, 0.4) is 0 Å². The lowest BCUT2D eigenvalue weighted by atomic mass is 9.78. The first kappa shape index (κ1) is 15.7. The van der Waals surface area contributed by atoms with Crippen LogP contribution in [0.5, 0.6) is 0 Å². The monoisotopic (exact) mass is 340 g/mol. The number of aliphatic imine (C=N–C) groups is 1. The number of fused-ring (bicyclic) bond motifs is 4. The molecule has 124 valence electrons. The van der Waals surface area contributed by atoms with E-state index >= 15 is 0 Å². The molecule has 2 aliphatic heterocycles. The Morgan fingerprint density at radius 2 is 2.04 bits per heavy atom. The maximum absolute atomic E-state index is 10.7. The number of rotatable bonds is 2. The van der Waals surface area contributed by atoms with Gasteiger partial charge in [0.1, 0.15) is 6.10 Å². The van der Waals surface area contributed by atoms with Gasteiger partial charge in [0, 0.05) is 27.5 Å². The average molecular weight is 341 g/mol. The van der Waals surface area contributed by atoms with Crippen molar-refractivity contribution in [2.24, 2.45) is 4.99 Å². The summed E-state index contributed by atoms with van der Waals surface area (Å²) in [5.74, 6) is 0. The number of allylic oxidation sites excluding steroid dienone is 2. The van der Waals surface area contributed by atoms with Crippen LogP contribution in [0, 0.1) is 0 Å². The molecule has 4 heteroatoms. The number of hydrogen-bond donors (Lipinski definition) is 2. The molecule has 0 aromatic heterocycles. The van der Waals surface area contributed by atoms with Gasteiger partial charge in [-0.25, -0.2) is 0 Å². The first-order valence-corrected chi connectivity index (χ1v) is 8.85. The van der Waals surface area contributed by atoms with Gasteiger partial charge >= 0.3 is 0 Å². The molecule has 1 aliphatic carbocycles. The third-order valence-electron chi connectivity index (χ3n) is 5.14. The molecule has 0 spiro atoms. The Hall–Kier alpha value is -1.84. The SMILES string of the molecule is CCCC1=CC(O)C2=C(C)C3Nc4ccc(Cl)cc4C3=C(C)C2=N1. The molecule has 1 aromatic carbocycles. The molecule has 24 heavy (non-hydrogen) atoms. The Morgan fingerprint density at radius 3 is 2.79 bits per heavy atom. The van der Waals surface area contributed by atoms with Gasteiger partial charge in [-0.1, -0.05) is 24.9 Å². The van der Waals surface area contributed by atoms with Crippen LogP contribution in [0.2, 0.25) is 5.02 Å². The zero-order valence-corrected chi connectivity index (χ0v) is 14.9. The van der Waals surface area contributed by atoms with E-state index in [9.17, 15) is 5.11 Å². The maximum atomic E-state index is 10.7. The standard InChI is InChI=1S/C20H21ClN2O/c1-4-5-13-9-16(24)18-11(3)19-17(10(2)20(18)22-13)14-8-12(21)6-7-15(14)23-19/h6-9,16,19,23-24H,4-5H2,1-3H3. The molecule has 0 amide bonds. The first-order valence-electron chi connectivity index (χ1n) is 8.47. The van der Waals surface area contributed by atoms with E-state index in [0.717, 1.165) is 57.2 Å². The van der Waals surface area contributed by atoms with Crippen molar-refractivity contribution in [2.45, 2.75) is 45.8 Å². The second-order valence-corrected chi connectivity index (χ2v) is 7.15. The highest BCUT2D eigenvalue weighted by molar-refractivity contribution is 6.31. The van der Waals surface area contributed by atoms with Crippen LogP contribution in [0.25, 0.3) is 5.57 Å². The number of aliphatic hydroxyl groups is 1. The van der Waals surface area contributed by atoms with E-state index in [-0.39, 0.29) is 6.04 Å². The molecule has 3 nitrogen and oxygen atoms in total. The number of nitrogens with zero attached hydrogens (tertiary/aromatic N) is 1. The van der Waals surface area contributed by atoms with Crippen LogP contribution < -0.4 is 5.32 Å². The van der Waals surface area contributed by atoms with Gasteiger partial charge in [-0.05, 0) is 61.3 Å². The topological polar surface area (TPSA) is 44.6 Å². The van der Waals surface area contributed by atoms with Crippen molar-refractivity contribution < 1.29 is 5.11 Å². The van der Waals surface area contributed by atoms with E-state index in [1.165, 1.54) is 5.57 Å². The summed E-state index contributed by atoms with van der Waals surface area (Å²) in [6, 6.07) is 6.03. The third-order valence-corrected chi connectivity index (χ3v) is 5.38. The van der Waals surface area contributed by atoms with Crippen LogP contribution in [-0.2, 0) is 0 Å². The molecule has 2 atom stereocenters. The fourth-order valence-electron chi connectivity index (χ4n) is 4.02. The summed E-state index contributed by atoms with van der Waals surface area (Å²) in [7, 11) is 0. The highest BCUT2D eigenvalue weighted by Crippen LogP contribution is 2.46. The van der Waals surface area contributed by atoms with Gasteiger partial charge in [0.15, 0.2) is 0 Å². The minimum Gasteiger partial charge on any atom is -0.384 e. The van der Waals surface area contributed by atoms with Crippen molar-refractivity contribution in [3.63, 3.8) is 0 Å². The van der Waals surface area contributed by atoms with Crippen LogP contribution in [0.15, 0.2) is 51.7 Å². The highest BCUT2D eigenvalue weighted by Gasteiger charge is 2.39. The van der Waals surface area contributed by atoms with Crippen molar-refractivity contribution in [3.8, 4) is 0 Å². The van der Waals surface area contributed by atoms with Crippen LogP contribution in [0.4, 0.5) is 5.69 Å².